The predicted octanol–water partition coefficient (Wildman–Crippen LogP) is 3.29. The summed E-state index contributed by atoms with van der Waals surface area (Å²) in [4.78, 5) is 57.7. The van der Waals surface area contributed by atoms with Crippen molar-refractivity contribution in [1.82, 2.24) is 25.8 Å². The van der Waals surface area contributed by atoms with Crippen LogP contribution in [0.3, 0.4) is 0 Å². The molecule has 0 saturated heterocycles. The molecule has 0 spiro atoms. The Balaban J connectivity index is 1.85. The van der Waals surface area contributed by atoms with Crippen molar-refractivity contribution >= 4 is 34.7 Å². The van der Waals surface area contributed by atoms with E-state index in [9.17, 15) is 28.7 Å². The van der Waals surface area contributed by atoms with Gasteiger partial charge in [0.1, 0.15) is 17.6 Å². The Morgan fingerprint density at radius 2 is 1.65 bits per heavy atom. The first-order valence-electron chi connectivity index (χ1n) is 15.4. The summed E-state index contributed by atoms with van der Waals surface area (Å²) in [6.07, 6.45) is -1.05. The SMILES string of the molecule is CC(C)CCN(CC(O)[C@H](Cc1ccc(F)cc1)NC(=O)C(CC(N)=O)NC(=O)c1ccc2ccccc2n1)C(=O)NC(C)(C)C. The van der Waals surface area contributed by atoms with Crippen LogP contribution in [0.4, 0.5) is 9.18 Å². The number of hydrogen-bond donors (Lipinski definition) is 5. The Morgan fingerprint density at radius 1 is 0.978 bits per heavy atom. The summed E-state index contributed by atoms with van der Waals surface area (Å²) in [5.74, 6) is -2.46. The molecule has 0 bridgehead atoms. The maximum Gasteiger partial charge on any atom is 0.317 e. The van der Waals surface area contributed by atoms with Crippen LogP contribution in [0.15, 0.2) is 60.7 Å². The van der Waals surface area contributed by atoms with Gasteiger partial charge in [0, 0.05) is 17.5 Å². The zero-order chi connectivity index (χ0) is 34.0. The van der Waals surface area contributed by atoms with Crippen molar-refractivity contribution in [2.45, 2.75) is 77.6 Å². The maximum atomic E-state index is 13.7. The highest BCUT2D eigenvalue weighted by molar-refractivity contribution is 5.99. The molecule has 0 aliphatic carbocycles. The van der Waals surface area contributed by atoms with Crippen LogP contribution >= 0.6 is 0 Å². The second-order valence-electron chi connectivity index (χ2n) is 12.9. The summed E-state index contributed by atoms with van der Waals surface area (Å²) >= 11 is 0. The number of halogens is 1. The van der Waals surface area contributed by atoms with Crippen LogP contribution in [0.1, 0.15) is 63.5 Å². The number of urea groups is 1. The molecule has 0 aliphatic rings. The normalized spacial score (nSPS) is 13.5. The highest BCUT2D eigenvalue weighted by Gasteiger charge is 2.31. The average Bonchev–Trinajstić information content (AvgIpc) is 2.97. The van der Waals surface area contributed by atoms with Crippen LogP contribution in [-0.2, 0) is 16.0 Å². The van der Waals surface area contributed by atoms with E-state index in [0.717, 1.165) is 5.39 Å². The van der Waals surface area contributed by atoms with Gasteiger partial charge in [0.15, 0.2) is 0 Å². The number of carbonyl (C=O) groups excluding carboxylic acids is 4. The van der Waals surface area contributed by atoms with Gasteiger partial charge in [-0.05, 0) is 69.4 Å². The molecule has 6 N–H and O–H groups in total. The van der Waals surface area contributed by atoms with Gasteiger partial charge in [0.2, 0.25) is 11.8 Å². The molecule has 12 heteroatoms. The number of rotatable bonds is 14. The first-order chi connectivity index (χ1) is 21.6. The Morgan fingerprint density at radius 3 is 2.28 bits per heavy atom. The molecular formula is C34H45FN6O5. The van der Waals surface area contributed by atoms with Gasteiger partial charge in [-0.2, -0.15) is 0 Å². The van der Waals surface area contributed by atoms with Crippen LogP contribution in [-0.4, -0.2) is 75.6 Å². The number of aliphatic hydroxyl groups is 1. The van der Waals surface area contributed by atoms with Crippen LogP contribution in [0.5, 0.6) is 0 Å². The van der Waals surface area contributed by atoms with Gasteiger partial charge in [-0.1, -0.05) is 50.2 Å². The lowest BCUT2D eigenvalue weighted by Crippen LogP contribution is -2.57. The maximum absolute atomic E-state index is 13.7. The molecule has 2 unspecified atom stereocenters. The van der Waals surface area contributed by atoms with Crippen molar-refractivity contribution in [1.29, 1.82) is 0 Å². The fraction of sp³-hybridized carbons (Fsp3) is 0.441. The third-order valence-corrected chi connectivity index (χ3v) is 7.17. The molecule has 46 heavy (non-hydrogen) atoms. The van der Waals surface area contributed by atoms with E-state index in [0.29, 0.717) is 24.0 Å². The topological polar surface area (TPSA) is 167 Å². The zero-order valence-electron chi connectivity index (χ0n) is 27.0. The summed E-state index contributed by atoms with van der Waals surface area (Å²) in [5.41, 5.74) is 6.12. The van der Waals surface area contributed by atoms with E-state index < -0.39 is 53.7 Å². The molecule has 2 aromatic carbocycles. The number of primary amides is 1. The Hall–Kier alpha value is -4.58. The fourth-order valence-electron chi connectivity index (χ4n) is 4.72. The minimum atomic E-state index is -1.39. The van der Waals surface area contributed by atoms with E-state index in [1.807, 2.05) is 46.8 Å². The van der Waals surface area contributed by atoms with E-state index in [1.54, 1.807) is 18.2 Å². The fourth-order valence-corrected chi connectivity index (χ4v) is 4.72. The number of fused-ring (bicyclic) bond motifs is 1. The monoisotopic (exact) mass is 636 g/mol. The van der Waals surface area contributed by atoms with E-state index in [2.05, 4.69) is 20.9 Å². The van der Waals surface area contributed by atoms with Gasteiger partial charge in [0.25, 0.3) is 5.91 Å². The zero-order valence-corrected chi connectivity index (χ0v) is 27.0. The molecule has 0 saturated carbocycles. The number of aliphatic hydroxyl groups excluding tert-OH is 1. The number of aromatic nitrogens is 1. The van der Waals surface area contributed by atoms with Gasteiger partial charge in [-0.15, -0.1) is 0 Å². The molecule has 0 fully saturated rings. The van der Waals surface area contributed by atoms with Gasteiger partial charge < -0.3 is 31.7 Å². The number of nitrogens with zero attached hydrogens (tertiary/aromatic N) is 2. The van der Waals surface area contributed by atoms with Gasteiger partial charge in [-0.3, -0.25) is 14.4 Å². The van der Waals surface area contributed by atoms with E-state index in [-0.39, 0.29) is 30.6 Å². The van der Waals surface area contributed by atoms with Crippen LogP contribution in [0.2, 0.25) is 0 Å². The van der Waals surface area contributed by atoms with Crippen molar-refractivity contribution < 1.29 is 28.7 Å². The Kier molecular flexibility index (Phi) is 12.6. The summed E-state index contributed by atoms with van der Waals surface area (Å²) in [6.45, 7) is 9.81. The van der Waals surface area contributed by atoms with Crippen molar-refractivity contribution in [2.75, 3.05) is 13.1 Å². The minimum Gasteiger partial charge on any atom is -0.389 e. The number of para-hydroxylation sites is 1. The first-order valence-corrected chi connectivity index (χ1v) is 15.4. The molecule has 0 radical (unpaired) electrons. The molecule has 1 aromatic heterocycles. The molecule has 3 rings (SSSR count). The quantitative estimate of drug-likeness (QED) is 0.182. The largest absolute Gasteiger partial charge is 0.389 e. The summed E-state index contributed by atoms with van der Waals surface area (Å²) in [5, 5.41) is 20.5. The van der Waals surface area contributed by atoms with Gasteiger partial charge >= 0.3 is 6.03 Å². The molecule has 3 aromatic rings. The van der Waals surface area contributed by atoms with Crippen molar-refractivity contribution in [3.8, 4) is 0 Å². The lowest BCUT2D eigenvalue weighted by Gasteiger charge is -2.33. The van der Waals surface area contributed by atoms with Gasteiger partial charge in [-0.25, -0.2) is 14.2 Å². The highest BCUT2D eigenvalue weighted by atomic mass is 19.1. The third-order valence-electron chi connectivity index (χ3n) is 7.17. The van der Waals surface area contributed by atoms with Crippen LogP contribution < -0.4 is 21.7 Å². The number of hydrogen-bond acceptors (Lipinski definition) is 6. The Bertz CT molecular complexity index is 1510. The molecule has 1 heterocycles. The summed E-state index contributed by atoms with van der Waals surface area (Å²) in [6, 6.07) is 13.3. The number of carbonyl (C=O) groups is 4. The second-order valence-corrected chi connectivity index (χ2v) is 12.9. The molecular weight excluding hydrogens is 591 g/mol. The van der Waals surface area contributed by atoms with Crippen LogP contribution in [0, 0.1) is 11.7 Å². The standard InChI is InChI=1S/C34H45FN6O5/c1-21(2)16-17-41(33(46)40-34(3,4)5)20-29(42)27(18-22-10-13-24(35)14-11-22)38-32(45)28(19-30(36)43)39-31(44)26-15-12-23-8-6-7-9-25(23)37-26/h6-15,21,27-29,42H,16-20H2,1-5H3,(H2,36,43)(H,38,45)(H,39,44)(H,40,46)/t27-,28?,29?/m0/s1. The van der Waals surface area contributed by atoms with E-state index >= 15 is 0 Å². The number of nitrogens with two attached hydrogens (primary N) is 1. The van der Waals surface area contributed by atoms with Crippen molar-refractivity contribution in [3.05, 3.63) is 77.7 Å². The van der Waals surface area contributed by atoms with E-state index in [4.69, 9.17) is 5.73 Å². The van der Waals surface area contributed by atoms with Crippen molar-refractivity contribution in [3.63, 3.8) is 0 Å². The lowest BCUT2D eigenvalue weighted by atomic mass is 9.99. The number of pyridine rings is 1. The summed E-state index contributed by atoms with van der Waals surface area (Å²) < 4.78 is 13.7. The minimum absolute atomic E-state index is 0.0366. The molecule has 5 amide bonds. The van der Waals surface area contributed by atoms with E-state index in [1.165, 1.54) is 35.2 Å². The average molecular weight is 637 g/mol. The number of nitrogens with one attached hydrogen (secondary N) is 3. The molecule has 11 nitrogen and oxygen atoms in total. The second kappa shape index (κ2) is 16.1. The smallest absolute Gasteiger partial charge is 0.317 e. The number of amides is 5. The van der Waals surface area contributed by atoms with Gasteiger partial charge in [0.05, 0.1) is 30.6 Å². The molecule has 0 aliphatic heterocycles. The molecule has 3 atom stereocenters. The van der Waals surface area contributed by atoms with Crippen LogP contribution in [0.25, 0.3) is 10.9 Å². The number of benzene rings is 2. The lowest BCUT2D eigenvalue weighted by molar-refractivity contribution is -0.128. The summed E-state index contributed by atoms with van der Waals surface area (Å²) in [7, 11) is 0. The molecule has 248 valence electrons. The highest BCUT2D eigenvalue weighted by Crippen LogP contribution is 2.14. The van der Waals surface area contributed by atoms with Crippen molar-refractivity contribution in [2.24, 2.45) is 11.7 Å². The first kappa shape index (κ1) is 35.9. The Labute approximate surface area is 269 Å². The predicted molar refractivity (Wildman–Crippen MR) is 174 cm³/mol. The third kappa shape index (κ3) is 11.4.